The van der Waals surface area contributed by atoms with Crippen molar-refractivity contribution >= 4 is 34.5 Å². The van der Waals surface area contributed by atoms with Gasteiger partial charge >= 0.3 is 0 Å². The van der Waals surface area contributed by atoms with Gasteiger partial charge in [0.1, 0.15) is 0 Å². The highest BCUT2D eigenvalue weighted by Gasteiger charge is 2.14. The molecule has 4 heteroatoms. The number of rotatable bonds is 6. The minimum Gasteiger partial charge on any atom is -0.314 e. The summed E-state index contributed by atoms with van der Waals surface area (Å²) in [5.74, 6) is 0.435. The van der Waals surface area contributed by atoms with Crippen molar-refractivity contribution in [3.8, 4) is 0 Å². The number of hydrogen-bond donors (Lipinski definition) is 1. The molecule has 1 nitrogen and oxygen atoms in total. The van der Waals surface area contributed by atoms with E-state index >= 15 is 0 Å². The normalized spacial score (nSPS) is 12.8. The molecular weight excluding hydrogens is 309 g/mol. The van der Waals surface area contributed by atoms with Crippen molar-refractivity contribution < 1.29 is 0 Å². The average Bonchev–Trinajstić information content (AvgIpc) is 2.81. The van der Waals surface area contributed by atoms with Crippen LogP contribution in [0.3, 0.4) is 0 Å². The zero-order chi connectivity index (χ0) is 14.5. The Bertz CT molecular complexity index is 534. The minimum atomic E-state index is 0.435. The number of nitrogens with one attached hydrogen (secondary N) is 1. The summed E-state index contributed by atoms with van der Waals surface area (Å²) < 4.78 is 0.853. The van der Waals surface area contributed by atoms with Gasteiger partial charge in [0.05, 0.1) is 4.34 Å². The first kappa shape index (κ1) is 15.8. The standard InChI is InChI=1S/C16H19Cl2NS/c1-11(2)19-10-13(9-15-7-8-16(18)20-15)12-3-5-14(17)6-4-12/h3-8,11,13,19H,9-10H2,1-2H3. The van der Waals surface area contributed by atoms with Crippen LogP contribution in [0.15, 0.2) is 36.4 Å². The second kappa shape index (κ2) is 7.46. The van der Waals surface area contributed by atoms with E-state index in [1.807, 2.05) is 18.2 Å². The fraction of sp³-hybridized carbons (Fsp3) is 0.375. The van der Waals surface area contributed by atoms with Crippen LogP contribution in [-0.4, -0.2) is 12.6 Å². The lowest BCUT2D eigenvalue weighted by molar-refractivity contribution is 0.528. The number of halogens is 2. The molecule has 1 unspecified atom stereocenters. The fourth-order valence-electron chi connectivity index (χ4n) is 2.13. The van der Waals surface area contributed by atoms with Crippen LogP contribution in [-0.2, 0) is 6.42 Å². The van der Waals surface area contributed by atoms with E-state index in [9.17, 15) is 0 Å². The number of hydrogen-bond acceptors (Lipinski definition) is 2. The third-order valence-corrected chi connectivity index (χ3v) is 4.70. The van der Waals surface area contributed by atoms with Gasteiger partial charge in [-0.15, -0.1) is 11.3 Å². The summed E-state index contributed by atoms with van der Waals surface area (Å²) in [6.45, 7) is 5.29. The summed E-state index contributed by atoms with van der Waals surface area (Å²) in [7, 11) is 0. The number of thiophene rings is 1. The highest BCUT2D eigenvalue weighted by Crippen LogP contribution is 2.28. The molecule has 0 amide bonds. The molecule has 108 valence electrons. The summed E-state index contributed by atoms with van der Waals surface area (Å²) >= 11 is 13.7. The van der Waals surface area contributed by atoms with Gasteiger partial charge in [0.25, 0.3) is 0 Å². The van der Waals surface area contributed by atoms with Crippen molar-refractivity contribution in [2.24, 2.45) is 0 Å². The molecule has 0 bridgehead atoms. The van der Waals surface area contributed by atoms with E-state index in [2.05, 4.69) is 37.4 Å². The van der Waals surface area contributed by atoms with Crippen LogP contribution in [0.25, 0.3) is 0 Å². The maximum absolute atomic E-state index is 6.02. The lowest BCUT2D eigenvalue weighted by atomic mass is 9.94. The van der Waals surface area contributed by atoms with Gasteiger partial charge in [0.15, 0.2) is 0 Å². The van der Waals surface area contributed by atoms with Crippen molar-refractivity contribution in [3.05, 3.63) is 56.2 Å². The molecular formula is C16H19Cl2NS. The fourth-order valence-corrected chi connectivity index (χ4v) is 3.42. The summed E-state index contributed by atoms with van der Waals surface area (Å²) in [6, 6.07) is 12.7. The minimum absolute atomic E-state index is 0.435. The Hall–Kier alpha value is -0.540. The summed E-state index contributed by atoms with van der Waals surface area (Å²) in [5, 5.41) is 4.31. The van der Waals surface area contributed by atoms with Crippen LogP contribution in [0.2, 0.25) is 9.36 Å². The van der Waals surface area contributed by atoms with E-state index in [-0.39, 0.29) is 0 Å². The van der Waals surface area contributed by atoms with E-state index in [0.717, 1.165) is 22.3 Å². The maximum atomic E-state index is 6.02. The molecule has 0 spiro atoms. The van der Waals surface area contributed by atoms with Crippen LogP contribution in [0, 0.1) is 0 Å². The average molecular weight is 328 g/mol. The van der Waals surface area contributed by atoms with Crippen LogP contribution >= 0.6 is 34.5 Å². The van der Waals surface area contributed by atoms with Gasteiger partial charge in [0.2, 0.25) is 0 Å². The van der Waals surface area contributed by atoms with E-state index < -0.39 is 0 Å². The summed E-state index contributed by atoms with van der Waals surface area (Å²) in [4.78, 5) is 1.32. The Morgan fingerprint density at radius 3 is 2.30 bits per heavy atom. The number of benzene rings is 1. The molecule has 2 aromatic rings. The van der Waals surface area contributed by atoms with Gasteiger partial charge in [-0.2, -0.15) is 0 Å². The van der Waals surface area contributed by atoms with Crippen LogP contribution in [0.5, 0.6) is 0 Å². The van der Waals surface area contributed by atoms with E-state index in [1.165, 1.54) is 10.4 Å². The zero-order valence-electron chi connectivity index (χ0n) is 11.7. The van der Waals surface area contributed by atoms with Crippen LogP contribution in [0.1, 0.15) is 30.2 Å². The molecule has 1 heterocycles. The van der Waals surface area contributed by atoms with Gasteiger partial charge in [-0.05, 0) is 36.2 Å². The lowest BCUT2D eigenvalue weighted by Crippen LogP contribution is -2.28. The van der Waals surface area contributed by atoms with Gasteiger partial charge in [0, 0.05) is 28.4 Å². The molecule has 0 aliphatic carbocycles. The maximum Gasteiger partial charge on any atom is 0.0931 e. The van der Waals surface area contributed by atoms with Crippen molar-refractivity contribution in [2.45, 2.75) is 32.2 Å². The van der Waals surface area contributed by atoms with Gasteiger partial charge in [-0.1, -0.05) is 49.2 Å². The smallest absolute Gasteiger partial charge is 0.0931 e. The highest BCUT2D eigenvalue weighted by molar-refractivity contribution is 7.16. The van der Waals surface area contributed by atoms with Crippen LogP contribution < -0.4 is 5.32 Å². The van der Waals surface area contributed by atoms with E-state index in [1.54, 1.807) is 11.3 Å². The van der Waals surface area contributed by atoms with Crippen molar-refractivity contribution in [3.63, 3.8) is 0 Å². The van der Waals surface area contributed by atoms with Gasteiger partial charge < -0.3 is 5.32 Å². The zero-order valence-corrected chi connectivity index (χ0v) is 14.0. The van der Waals surface area contributed by atoms with E-state index in [4.69, 9.17) is 23.2 Å². The molecule has 0 aliphatic heterocycles. The Balaban J connectivity index is 2.13. The molecule has 0 saturated heterocycles. The summed E-state index contributed by atoms with van der Waals surface area (Å²) in [5.41, 5.74) is 1.31. The first-order valence-corrected chi connectivity index (χ1v) is 8.35. The summed E-state index contributed by atoms with van der Waals surface area (Å²) in [6.07, 6.45) is 0.999. The van der Waals surface area contributed by atoms with Gasteiger partial charge in [-0.25, -0.2) is 0 Å². The first-order chi connectivity index (χ1) is 9.54. The quantitative estimate of drug-likeness (QED) is 0.751. The predicted molar refractivity (Wildman–Crippen MR) is 90.4 cm³/mol. The second-order valence-electron chi connectivity index (χ2n) is 5.22. The molecule has 1 N–H and O–H groups in total. The third kappa shape index (κ3) is 4.78. The molecule has 2 rings (SSSR count). The van der Waals surface area contributed by atoms with Crippen LogP contribution in [0.4, 0.5) is 0 Å². The van der Waals surface area contributed by atoms with Gasteiger partial charge in [-0.3, -0.25) is 0 Å². The first-order valence-electron chi connectivity index (χ1n) is 6.77. The molecule has 1 atom stereocenters. The Morgan fingerprint density at radius 1 is 1.05 bits per heavy atom. The predicted octanol–water partition coefficient (Wildman–Crippen LogP) is 5.38. The molecule has 0 fully saturated rings. The Kier molecular flexibility index (Phi) is 5.91. The molecule has 0 aliphatic rings. The Labute approximate surface area is 134 Å². The second-order valence-corrected chi connectivity index (χ2v) is 7.46. The lowest BCUT2D eigenvalue weighted by Gasteiger charge is -2.19. The topological polar surface area (TPSA) is 12.0 Å². The molecule has 1 aromatic carbocycles. The molecule has 20 heavy (non-hydrogen) atoms. The SMILES string of the molecule is CC(C)NCC(Cc1ccc(Cl)s1)c1ccc(Cl)cc1. The largest absolute Gasteiger partial charge is 0.314 e. The molecule has 1 aromatic heterocycles. The van der Waals surface area contributed by atoms with E-state index in [0.29, 0.717) is 12.0 Å². The third-order valence-electron chi connectivity index (χ3n) is 3.19. The molecule has 0 saturated carbocycles. The Morgan fingerprint density at radius 2 is 1.75 bits per heavy atom. The highest BCUT2D eigenvalue weighted by atomic mass is 35.5. The van der Waals surface area contributed by atoms with Crippen molar-refractivity contribution in [1.82, 2.24) is 5.32 Å². The molecule has 0 radical (unpaired) electrons. The van der Waals surface area contributed by atoms with Crippen molar-refractivity contribution in [1.29, 1.82) is 0 Å². The van der Waals surface area contributed by atoms with Crippen molar-refractivity contribution in [2.75, 3.05) is 6.54 Å². The monoisotopic (exact) mass is 327 g/mol.